The van der Waals surface area contributed by atoms with Crippen LogP contribution in [0.2, 0.25) is 0 Å². The van der Waals surface area contributed by atoms with Gasteiger partial charge in [-0.15, -0.1) is 0 Å². The first-order valence-corrected chi connectivity index (χ1v) is 5.82. The molecule has 0 atom stereocenters. The molecule has 2 N–H and O–H groups in total. The third-order valence-electron chi connectivity index (χ3n) is 3.06. The Morgan fingerprint density at radius 2 is 1.87 bits per heavy atom. The van der Waals surface area contributed by atoms with Gasteiger partial charge in [0.05, 0.1) is 0 Å². The Balaban J connectivity index is 1.69. The Labute approximate surface area is 90.8 Å². The molecule has 2 rings (SSSR count). The second-order valence-electron chi connectivity index (χ2n) is 4.16. The number of carbonyl (C=O) groups excluding carboxylic acids is 1. The molecule has 0 aromatic heterocycles. The molecule has 2 aliphatic rings. The van der Waals surface area contributed by atoms with Gasteiger partial charge in [-0.05, 0) is 6.42 Å². The van der Waals surface area contributed by atoms with Crippen molar-refractivity contribution in [1.29, 1.82) is 0 Å². The van der Waals surface area contributed by atoms with E-state index in [1.807, 2.05) is 4.90 Å². The summed E-state index contributed by atoms with van der Waals surface area (Å²) < 4.78 is 0. The second kappa shape index (κ2) is 5.32. The smallest absolute Gasteiger partial charge is 0.317 e. The summed E-state index contributed by atoms with van der Waals surface area (Å²) in [6, 6.07) is 0.108. The maximum Gasteiger partial charge on any atom is 0.317 e. The van der Waals surface area contributed by atoms with Crippen molar-refractivity contribution in [2.75, 3.05) is 52.4 Å². The largest absolute Gasteiger partial charge is 0.338 e. The molecule has 0 radical (unpaired) electrons. The minimum absolute atomic E-state index is 0.108. The number of amides is 2. The lowest BCUT2D eigenvalue weighted by atomic mass is 10.3. The van der Waals surface area contributed by atoms with Crippen molar-refractivity contribution in [3.63, 3.8) is 0 Å². The topological polar surface area (TPSA) is 47.6 Å². The summed E-state index contributed by atoms with van der Waals surface area (Å²) in [6.45, 7) is 7.99. The molecule has 0 aromatic rings. The van der Waals surface area contributed by atoms with Gasteiger partial charge in [-0.2, -0.15) is 0 Å². The highest BCUT2D eigenvalue weighted by molar-refractivity contribution is 5.74. The number of nitrogens with zero attached hydrogens (tertiary/aromatic N) is 2. The zero-order valence-corrected chi connectivity index (χ0v) is 9.17. The van der Waals surface area contributed by atoms with Crippen LogP contribution in [0.15, 0.2) is 0 Å². The van der Waals surface area contributed by atoms with Crippen LogP contribution in [0, 0.1) is 0 Å². The lowest BCUT2D eigenvalue weighted by molar-refractivity contribution is 0.166. The summed E-state index contributed by atoms with van der Waals surface area (Å²) >= 11 is 0. The lowest BCUT2D eigenvalue weighted by Gasteiger charge is -2.32. The van der Waals surface area contributed by atoms with Gasteiger partial charge in [0.15, 0.2) is 0 Å². The number of piperazine rings is 1. The van der Waals surface area contributed by atoms with E-state index >= 15 is 0 Å². The molecule has 0 aromatic carbocycles. The zero-order chi connectivity index (χ0) is 10.5. The van der Waals surface area contributed by atoms with E-state index in [0.717, 1.165) is 58.8 Å². The minimum Gasteiger partial charge on any atom is -0.338 e. The standard InChI is InChI=1S/C10H20N4O/c15-10-12-2-1-5-14(10)9-8-13-6-3-11-4-7-13/h11H,1-9H2,(H,12,15). The van der Waals surface area contributed by atoms with Crippen molar-refractivity contribution < 1.29 is 4.79 Å². The van der Waals surface area contributed by atoms with Gasteiger partial charge in [-0.3, -0.25) is 4.90 Å². The van der Waals surface area contributed by atoms with Crippen LogP contribution in [0.25, 0.3) is 0 Å². The summed E-state index contributed by atoms with van der Waals surface area (Å²) in [7, 11) is 0. The van der Waals surface area contributed by atoms with Crippen LogP contribution >= 0.6 is 0 Å². The summed E-state index contributed by atoms with van der Waals surface area (Å²) in [6.07, 6.45) is 1.08. The van der Waals surface area contributed by atoms with E-state index in [4.69, 9.17) is 0 Å². The number of hydrogen-bond donors (Lipinski definition) is 2. The molecule has 2 aliphatic heterocycles. The van der Waals surface area contributed by atoms with Gasteiger partial charge in [0.25, 0.3) is 0 Å². The van der Waals surface area contributed by atoms with Gasteiger partial charge < -0.3 is 15.5 Å². The van der Waals surface area contributed by atoms with E-state index in [1.165, 1.54) is 0 Å². The first-order chi connectivity index (χ1) is 7.36. The predicted molar refractivity (Wildman–Crippen MR) is 58.9 cm³/mol. The molecule has 0 unspecified atom stereocenters. The van der Waals surface area contributed by atoms with Gasteiger partial charge in [0, 0.05) is 52.4 Å². The van der Waals surface area contributed by atoms with Crippen molar-refractivity contribution in [2.24, 2.45) is 0 Å². The number of urea groups is 1. The predicted octanol–water partition coefficient (Wildman–Crippen LogP) is -0.693. The summed E-state index contributed by atoms with van der Waals surface area (Å²) in [5.41, 5.74) is 0. The number of hydrogen-bond acceptors (Lipinski definition) is 3. The molecule has 0 saturated carbocycles. The van der Waals surface area contributed by atoms with Crippen molar-refractivity contribution in [2.45, 2.75) is 6.42 Å². The van der Waals surface area contributed by atoms with Crippen molar-refractivity contribution in [3.8, 4) is 0 Å². The highest BCUT2D eigenvalue weighted by Gasteiger charge is 2.18. The van der Waals surface area contributed by atoms with Crippen molar-refractivity contribution >= 4 is 6.03 Å². The van der Waals surface area contributed by atoms with Gasteiger partial charge in [0.2, 0.25) is 0 Å². The number of rotatable bonds is 3. The van der Waals surface area contributed by atoms with Crippen molar-refractivity contribution in [1.82, 2.24) is 20.4 Å². The highest BCUT2D eigenvalue weighted by atomic mass is 16.2. The third-order valence-corrected chi connectivity index (χ3v) is 3.06. The second-order valence-corrected chi connectivity index (χ2v) is 4.16. The van der Waals surface area contributed by atoms with E-state index < -0.39 is 0 Å². The van der Waals surface area contributed by atoms with Crippen LogP contribution in [0.3, 0.4) is 0 Å². The molecule has 5 heteroatoms. The molecule has 15 heavy (non-hydrogen) atoms. The third kappa shape index (κ3) is 3.07. The zero-order valence-electron chi connectivity index (χ0n) is 9.17. The average Bonchev–Trinajstić information content (AvgIpc) is 2.29. The fourth-order valence-corrected chi connectivity index (χ4v) is 2.09. The number of carbonyl (C=O) groups is 1. The monoisotopic (exact) mass is 212 g/mol. The van der Waals surface area contributed by atoms with Gasteiger partial charge in [-0.25, -0.2) is 4.79 Å². The van der Waals surface area contributed by atoms with E-state index in [0.29, 0.717) is 0 Å². The Morgan fingerprint density at radius 3 is 2.60 bits per heavy atom. The first-order valence-electron chi connectivity index (χ1n) is 5.82. The minimum atomic E-state index is 0.108. The summed E-state index contributed by atoms with van der Waals surface area (Å²) in [5, 5.41) is 6.20. The van der Waals surface area contributed by atoms with Crippen LogP contribution in [-0.4, -0.2) is 68.2 Å². The molecule has 0 bridgehead atoms. The lowest BCUT2D eigenvalue weighted by Crippen LogP contribution is -2.51. The fourth-order valence-electron chi connectivity index (χ4n) is 2.09. The molecule has 86 valence electrons. The molecule has 5 nitrogen and oxygen atoms in total. The maximum atomic E-state index is 11.5. The average molecular weight is 212 g/mol. The Morgan fingerprint density at radius 1 is 1.07 bits per heavy atom. The summed E-state index contributed by atoms with van der Waals surface area (Å²) in [4.78, 5) is 15.8. The van der Waals surface area contributed by atoms with E-state index in [2.05, 4.69) is 15.5 Å². The Hall–Kier alpha value is -0.810. The number of nitrogens with one attached hydrogen (secondary N) is 2. The summed E-state index contributed by atoms with van der Waals surface area (Å²) in [5.74, 6) is 0. The Kier molecular flexibility index (Phi) is 3.80. The van der Waals surface area contributed by atoms with Gasteiger partial charge in [-0.1, -0.05) is 0 Å². The first kappa shape index (κ1) is 10.7. The Bertz CT molecular complexity index is 215. The SMILES string of the molecule is O=C1NCCCN1CCN1CCNCC1. The quantitative estimate of drug-likeness (QED) is 0.651. The molecular formula is C10H20N4O. The molecule has 0 spiro atoms. The molecule has 2 heterocycles. The van der Waals surface area contributed by atoms with E-state index in [9.17, 15) is 4.79 Å². The van der Waals surface area contributed by atoms with Gasteiger partial charge >= 0.3 is 6.03 Å². The molecule has 0 aliphatic carbocycles. The van der Waals surface area contributed by atoms with E-state index in [1.54, 1.807) is 0 Å². The highest BCUT2D eigenvalue weighted by Crippen LogP contribution is 2.00. The maximum absolute atomic E-state index is 11.5. The van der Waals surface area contributed by atoms with Gasteiger partial charge in [0.1, 0.15) is 0 Å². The van der Waals surface area contributed by atoms with Crippen LogP contribution in [-0.2, 0) is 0 Å². The van der Waals surface area contributed by atoms with Crippen LogP contribution < -0.4 is 10.6 Å². The van der Waals surface area contributed by atoms with E-state index in [-0.39, 0.29) is 6.03 Å². The van der Waals surface area contributed by atoms with Crippen LogP contribution in [0.1, 0.15) is 6.42 Å². The van der Waals surface area contributed by atoms with Crippen LogP contribution in [0.5, 0.6) is 0 Å². The fraction of sp³-hybridized carbons (Fsp3) is 0.900. The van der Waals surface area contributed by atoms with Crippen molar-refractivity contribution in [3.05, 3.63) is 0 Å². The molecule has 2 fully saturated rings. The molecule has 2 amide bonds. The molecule has 2 saturated heterocycles. The normalized spacial score (nSPS) is 24.0. The van der Waals surface area contributed by atoms with Crippen LogP contribution in [0.4, 0.5) is 4.79 Å². The molecular weight excluding hydrogens is 192 g/mol.